The maximum atomic E-state index is 13.1. The Hall–Kier alpha value is -3.66. The first kappa shape index (κ1) is 25.0. The van der Waals surface area contributed by atoms with Crippen molar-refractivity contribution in [1.29, 1.82) is 0 Å². The number of esters is 2. The molecule has 3 aromatic rings. The van der Waals surface area contributed by atoms with Gasteiger partial charge in [-0.25, -0.2) is 9.59 Å². The highest BCUT2D eigenvalue weighted by atomic mass is 32.2. The molecular formula is C24H26N4O5S. The maximum absolute atomic E-state index is 13.1. The van der Waals surface area contributed by atoms with E-state index in [4.69, 9.17) is 9.47 Å². The zero-order valence-electron chi connectivity index (χ0n) is 19.7. The molecule has 178 valence electrons. The number of rotatable bonds is 9. The Labute approximate surface area is 201 Å². The summed E-state index contributed by atoms with van der Waals surface area (Å²) in [7, 11) is 2.54. The Balaban J connectivity index is 1.95. The van der Waals surface area contributed by atoms with Crippen molar-refractivity contribution < 1.29 is 23.9 Å². The number of ether oxygens (including phenoxy) is 2. The first-order chi connectivity index (χ1) is 16.2. The summed E-state index contributed by atoms with van der Waals surface area (Å²) in [5, 5.41) is 8.86. The van der Waals surface area contributed by atoms with Crippen LogP contribution in [0.3, 0.4) is 0 Å². The minimum Gasteiger partial charge on any atom is -0.465 e. The zero-order valence-corrected chi connectivity index (χ0v) is 20.6. The predicted octanol–water partition coefficient (Wildman–Crippen LogP) is 3.73. The van der Waals surface area contributed by atoms with E-state index in [1.807, 2.05) is 29.9 Å². The smallest absolute Gasteiger partial charge is 0.337 e. The topological polar surface area (TPSA) is 105 Å². The minimum atomic E-state index is -0.582. The van der Waals surface area contributed by atoms with Crippen LogP contribution in [0.1, 0.15) is 48.3 Å². The molecule has 0 aliphatic carbocycles. The maximum Gasteiger partial charge on any atom is 0.337 e. The third kappa shape index (κ3) is 4.96. The van der Waals surface area contributed by atoms with E-state index >= 15 is 0 Å². The standard InChI is InChI=1S/C24H26N4O5S/c1-7-8-27-16(4)25-26-24(27)34-13-21(29)20-9-14(2)28(15(20)3)19-11-17(22(30)32-5)10-18(12-19)23(31)33-6/h7,9-12H,1,8,13H2,2-6H3. The lowest BCUT2D eigenvalue weighted by molar-refractivity contribution is 0.0599. The van der Waals surface area contributed by atoms with Crippen molar-refractivity contribution in [2.45, 2.75) is 32.5 Å². The lowest BCUT2D eigenvalue weighted by Gasteiger charge is -2.13. The number of benzene rings is 1. The Kier molecular flexibility index (Phi) is 7.72. The van der Waals surface area contributed by atoms with Gasteiger partial charge in [0.15, 0.2) is 10.9 Å². The van der Waals surface area contributed by atoms with Crippen LogP contribution >= 0.6 is 11.8 Å². The van der Waals surface area contributed by atoms with E-state index in [0.717, 1.165) is 11.5 Å². The van der Waals surface area contributed by atoms with Crippen LogP contribution in [0, 0.1) is 20.8 Å². The molecule has 34 heavy (non-hydrogen) atoms. The number of hydrogen-bond donors (Lipinski definition) is 0. The van der Waals surface area contributed by atoms with Crippen LogP contribution in [-0.4, -0.2) is 57.0 Å². The molecule has 2 aromatic heterocycles. The van der Waals surface area contributed by atoms with Crippen molar-refractivity contribution in [2.24, 2.45) is 0 Å². The van der Waals surface area contributed by atoms with E-state index in [9.17, 15) is 14.4 Å². The van der Waals surface area contributed by atoms with Crippen molar-refractivity contribution in [2.75, 3.05) is 20.0 Å². The van der Waals surface area contributed by atoms with Gasteiger partial charge in [0.25, 0.3) is 0 Å². The largest absolute Gasteiger partial charge is 0.465 e. The van der Waals surface area contributed by atoms with Crippen molar-refractivity contribution in [1.82, 2.24) is 19.3 Å². The molecule has 0 saturated heterocycles. The van der Waals surface area contributed by atoms with E-state index < -0.39 is 11.9 Å². The number of aryl methyl sites for hydroxylation is 2. The highest BCUT2D eigenvalue weighted by molar-refractivity contribution is 7.99. The van der Waals surface area contributed by atoms with Gasteiger partial charge in [-0.15, -0.1) is 16.8 Å². The van der Waals surface area contributed by atoms with Crippen molar-refractivity contribution >= 4 is 29.5 Å². The van der Waals surface area contributed by atoms with Gasteiger partial charge in [-0.2, -0.15) is 0 Å². The summed E-state index contributed by atoms with van der Waals surface area (Å²) in [5.74, 6) is -0.315. The summed E-state index contributed by atoms with van der Waals surface area (Å²) in [4.78, 5) is 37.5. The van der Waals surface area contributed by atoms with E-state index in [1.165, 1.54) is 32.0 Å². The highest BCUT2D eigenvalue weighted by Gasteiger charge is 2.21. The molecule has 0 bridgehead atoms. The van der Waals surface area contributed by atoms with Gasteiger partial charge in [-0.3, -0.25) is 4.79 Å². The SMILES string of the molecule is C=CCn1c(C)nnc1SCC(=O)c1cc(C)n(-c2cc(C(=O)OC)cc(C(=O)OC)c2)c1C. The number of aromatic nitrogens is 4. The summed E-state index contributed by atoms with van der Waals surface area (Å²) in [6, 6.07) is 6.43. The molecule has 0 aliphatic rings. The van der Waals surface area contributed by atoms with Crippen LogP contribution in [-0.2, 0) is 16.0 Å². The Morgan fingerprint density at radius 1 is 1.00 bits per heavy atom. The molecule has 0 saturated carbocycles. The molecule has 1 aromatic carbocycles. The van der Waals surface area contributed by atoms with Crippen LogP contribution in [0.25, 0.3) is 5.69 Å². The summed E-state index contributed by atoms with van der Waals surface area (Å²) in [6.45, 7) is 9.82. The van der Waals surface area contributed by atoms with Gasteiger partial charge < -0.3 is 18.6 Å². The fourth-order valence-corrected chi connectivity index (χ4v) is 4.55. The van der Waals surface area contributed by atoms with Gasteiger partial charge in [-0.1, -0.05) is 17.8 Å². The van der Waals surface area contributed by atoms with Crippen LogP contribution in [0.2, 0.25) is 0 Å². The van der Waals surface area contributed by atoms with Gasteiger partial charge in [0.05, 0.1) is 31.1 Å². The number of hydrogen-bond acceptors (Lipinski definition) is 8. The quantitative estimate of drug-likeness (QED) is 0.197. The number of Topliss-reactive ketones (excluding diaryl/α,β-unsaturated/α-hetero) is 1. The Morgan fingerprint density at radius 2 is 1.62 bits per heavy atom. The summed E-state index contributed by atoms with van der Waals surface area (Å²) in [5.41, 5.74) is 2.95. The first-order valence-electron chi connectivity index (χ1n) is 10.4. The number of nitrogens with zero attached hydrogens (tertiary/aromatic N) is 4. The normalized spacial score (nSPS) is 10.7. The fourth-order valence-electron chi connectivity index (χ4n) is 3.67. The first-order valence-corrected chi connectivity index (χ1v) is 11.4. The van der Waals surface area contributed by atoms with Crippen LogP contribution in [0.5, 0.6) is 0 Å². The summed E-state index contributed by atoms with van der Waals surface area (Å²) >= 11 is 1.31. The van der Waals surface area contributed by atoms with Crippen LogP contribution in [0.15, 0.2) is 42.1 Å². The van der Waals surface area contributed by atoms with Crippen molar-refractivity contribution in [3.63, 3.8) is 0 Å². The molecule has 2 heterocycles. The molecule has 0 amide bonds. The molecule has 0 spiro atoms. The number of methoxy groups -OCH3 is 2. The number of allylic oxidation sites excluding steroid dienone is 1. The number of thioether (sulfide) groups is 1. The molecule has 0 aliphatic heterocycles. The summed E-state index contributed by atoms with van der Waals surface area (Å²) < 4.78 is 13.4. The average molecular weight is 483 g/mol. The predicted molar refractivity (Wildman–Crippen MR) is 128 cm³/mol. The van der Waals surface area contributed by atoms with Gasteiger partial charge in [-0.05, 0) is 45.0 Å². The second kappa shape index (κ2) is 10.5. The Morgan fingerprint density at radius 3 is 2.18 bits per heavy atom. The molecule has 0 radical (unpaired) electrons. The highest BCUT2D eigenvalue weighted by Crippen LogP contribution is 2.26. The fraction of sp³-hybridized carbons (Fsp3) is 0.292. The van der Waals surface area contributed by atoms with Gasteiger partial charge in [0, 0.05) is 29.2 Å². The molecule has 0 N–H and O–H groups in total. The number of carbonyl (C=O) groups is 3. The number of carbonyl (C=O) groups excluding carboxylic acids is 3. The van der Waals surface area contributed by atoms with E-state index in [-0.39, 0.29) is 22.7 Å². The van der Waals surface area contributed by atoms with Crippen molar-refractivity contribution in [3.8, 4) is 5.69 Å². The van der Waals surface area contributed by atoms with Gasteiger partial charge >= 0.3 is 11.9 Å². The minimum absolute atomic E-state index is 0.0764. The molecule has 9 nitrogen and oxygen atoms in total. The van der Waals surface area contributed by atoms with E-state index in [2.05, 4.69) is 16.8 Å². The second-order valence-corrected chi connectivity index (χ2v) is 8.46. The molecule has 3 rings (SSSR count). The second-order valence-electron chi connectivity index (χ2n) is 7.51. The Bertz CT molecular complexity index is 1240. The third-order valence-electron chi connectivity index (χ3n) is 5.30. The van der Waals surface area contributed by atoms with Gasteiger partial charge in [0.1, 0.15) is 5.82 Å². The third-order valence-corrected chi connectivity index (χ3v) is 6.26. The molecular weight excluding hydrogens is 456 g/mol. The molecule has 0 unspecified atom stereocenters. The van der Waals surface area contributed by atoms with Gasteiger partial charge in [0.2, 0.25) is 0 Å². The zero-order chi connectivity index (χ0) is 25.0. The lowest BCUT2D eigenvalue weighted by atomic mass is 10.1. The monoisotopic (exact) mass is 482 g/mol. The van der Waals surface area contributed by atoms with E-state index in [0.29, 0.717) is 28.6 Å². The molecule has 10 heteroatoms. The summed E-state index contributed by atoms with van der Waals surface area (Å²) in [6.07, 6.45) is 1.75. The molecule has 0 atom stereocenters. The lowest BCUT2D eigenvalue weighted by Crippen LogP contribution is -2.10. The molecule has 0 fully saturated rings. The van der Waals surface area contributed by atoms with E-state index in [1.54, 1.807) is 24.3 Å². The average Bonchev–Trinajstić information content (AvgIpc) is 3.34. The van der Waals surface area contributed by atoms with Crippen molar-refractivity contribution in [3.05, 3.63) is 70.8 Å². The van der Waals surface area contributed by atoms with Crippen LogP contribution in [0.4, 0.5) is 0 Å². The van der Waals surface area contributed by atoms with Crippen LogP contribution < -0.4 is 0 Å². The number of ketones is 1.